The van der Waals surface area contributed by atoms with E-state index >= 15 is 0 Å². The van der Waals surface area contributed by atoms with Crippen LogP contribution in [0, 0.1) is 0 Å². The molecule has 0 spiro atoms. The van der Waals surface area contributed by atoms with E-state index in [9.17, 15) is 210 Å². The van der Waals surface area contributed by atoms with Gasteiger partial charge in [0.25, 0.3) is 0 Å². The molecule has 1 aromatic rings. The van der Waals surface area contributed by atoms with Crippen LogP contribution in [0.1, 0.15) is 0 Å². The third kappa shape index (κ3) is 11.5. The lowest BCUT2D eigenvalue weighted by Gasteiger charge is -2.39. The van der Waals surface area contributed by atoms with E-state index in [4.69, 9.17) is 0 Å². The minimum Gasteiger partial charge on any atom is -0.423 e. The van der Waals surface area contributed by atoms with Gasteiger partial charge >= 0.3 is 139 Å². The van der Waals surface area contributed by atoms with Gasteiger partial charge in [0, 0.05) is 12.1 Å². The fourth-order valence-electron chi connectivity index (χ4n) is 5.62. The van der Waals surface area contributed by atoms with Crippen LogP contribution in [0.3, 0.4) is 0 Å². The average Bonchev–Trinajstić information content (AvgIpc) is 2.92. The van der Waals surface area contributed by atoms with Crippen molar-refractivity contribution in [2.75, 3.05) is 0 Å². The second kappa shape index (κ2) is 20.4. The van der Waals surface area contributed by atoms with Crippen molar-refractivity contribution in [2.45, 2.75) is 17.5 Å². The third-order valence-corrected chi connectivity index (χ3v) is 59.5. The zero-order chi connectivity index (χ0) is 60.6. The lowest BCUT2D eigenvalue weighted by molar-refractivity contribution is 0.281. The van der Waals surface area contributed by atoms with Crippen molar-refractivity contribution in [1.29, 1.82) is 0 Å². The van der Waals surface area contributed by atoms with Gasteiger partial charge in [-0.05, 0) is 0 Å². The second-order valence-electron chi connectivity index (χ2n) is 13.1. The van der Waals surface area contributed by atoms with Crippen molar-refractivity contribution in [3.63, 3.8) is 0 Å². The van der Waals surface area contributed by atoms with Gasteiger partial charge in [0.2, 0.25) is 5.75 Å². The number of benzene rings is 1. The van der Waals surface area contributed by atoms with Gasteiger partial charge in [-0.1, -0.05) is 0 Å². The Balaban J connectivity index is 5.71. The van der Waals surface area contributed by atoms with Crippen molar-refractivity contribution in [2.24, 2.45) is 0 Å². The van der Waals surface area contributed by atoms with E-state index in [-0.39, 0.29) is 0 Å². The number of hydrogen-bond donors (Lipinski definition) is 28. The molecule has 48 nitrogen and oxygen atoms in total. The van der Waals surface area contributed by atoms with Gasteiger partial charge in [0.1, 0.15) is 5.75 Å². The van der Waals surface area contributed by atoms with E-state index in [1.807, 2.05) is 0 Å². The maximum absolute atomic E-state index is 13.9. The van der Waals surface area contributed by atoms with Crippen LogP contribution < -0.4 is 18.1 Å². The maximum Gasteiger partial charge on any atom is 0.420 e. The van der Waals surface area contributed by atoms with Crippen molar-refractivity contribution < 1.29 is 228 Å². The largest absolute Gasteiger partial charge is 0.423 e. The first kappa shape index (κ1) is 73.0. The third-order valence-electron chi connectivity index (χ3n) is 8.09. The van der Waals surface area contributed by atoms with E-state index in [1.165, 1.54) is 0 Å². The predicted molar refractivity (Wildman–Crippen MR) is 224 cm³/mol. The molecule has 4 unspecified atom stereocenters. The molecule has 74 heavy (non-hydrogen) atoms. The summed E-state index contributed by atoms with van der Waals surface area (Å²) in [5.41, 5.74) is 0. The van der Waals surface area contributed by atoms with E-state index in [0.717, 1.165) is 0 Å². The fourth-order valence-corrected chi connectivity index (χ4v) is 41.3. The van der Waals surface area contributed by atoms with Gasteiger partial charge in [0.15, 0.2) is 11.5 Å². The molecular formula is C10H30O48P16. The summed E-state index contributed by atoms with van der Waals surface area (Å²) in [7, 11) is -132. The molecule has 0 heterocycles. The molecule has 0 aromatic heterocycles. The molecule has 0 amide bonds. The number of hydrogen-bond acceptors (Lipinski definition) is 20. The molecule has 0 radical (unpaired) electrons. The van der Waals surface area contributed by atoms with E-state index in [0.29, 0.717) is 0 Å². The summed E-state index contributed by atoms with van der Waals surface area (Å²) in [4.78, 5) is 278. The van der Waals surface area contributed by atoms with Gasteiger partial charge in [-0.2, -0.15) is 0 Å². The van der Waals surface area contributed by atoms with Crippen LogP contribution in [0.15, 0.2) is 12.1 Å². The average molecular weight is 1410 g/mol. The Morgan fingerprint density at radius 1 is 0.230 bits per heavy atom. The minimum absolute atomic E-state index is 1.44. The first-order valence-electron chi connectivity index (χ1n) is 15.3. The normalized spacial score (nSPS) is 18.8. The Kier molecular flexibility index (Phi) is 20.1. The second-order valence-corrected chi connectivity index (χ2v) is 50.3. The fraction of sp³-hybridized carbons (Fsp3) is 0.400. The lowest BCUT2D eigenvalue weighted by atomic mass is 10.3. The van der Waals surface area contributed by atoms with Gasteiger partial charge in [0.05, 0.1) is 0 Å². The smallest absolute Gasteiger partial charge is 0.420 e. The molecule has 0 aliphatic heterocycles. The summed E-state index contributed by atoms with van der Waals surface area (Å²) in [6.07, 6.45) is 0. The van der Waals surface area contributed by atoms with Crippen LogP contribution in [-0.2, 0) is 73.0 Å². The van der Waals surface area contributed by atoms with Crippen LogP contribution in [0.25, 0.3) is 0 Å². The molecule has 64 heteroatoms. The van der Waals surface area contributed by atoms with Crippen LogP contribution in [0.4, 0.5) is 0 Å². The van der Waals surface area contributed by atoms with Crippen molar-refractivity contribution >= 4 is 122 Å². The SMILES string of the molecule is O=P(O)(O)C(P(=O)(O)O)(P(=O)(O)O)P(=O)(O)Oc1cc(OP(=O)(O)C(P(=O)(O)O)(P(=O)(O)O)P(=O)(O)O)c(OP(=O)(O)C(P(=O)(O)O)(P(=O)(O)O)P(=O)(O)O)c(OP(=O)(O)C(P(=O)(O)O)(P(=O)(O)O)P(=O)(O)O)c1. The highest BCUT2D eigenvalue weighted by atomic mass is 31.4. The van der Waals surface area contributed by atoms with Crippen molar-refractivity contribution in [3.05, 3.63) is 12.1 Å². The molecule has 0 bridgehead atoms. The highest BCUT2D eigenvalue weighted by Crippen LogP contribution is 2.99. The Morgan fingerprint density at radius 3 is 0.514 bits per heavy atom. The Labute approximate surface area is 401 Å². The molecule has 0 aliphatic rings. The summed E-state index contributed by atoms with van der Waals surface area (Å²) in [5, 5.41) is 0. The monoisotopic (exact) mass is 1410 g/mol. The summed E-state index contributed by atoms with van der Waals surface area (Å²) < 4.78 is 194. The van der Waals surface area contributed by atoms with Crippen molar-refractivity contribution in [1.82, 2.24) is 0 Å². The van der Waals surface area contributed by atoms with Gasteiger partial charge < -0.3 is 155 Å². The molecule has 0 aliphatic carbocycles. The summed E-state index contributed by atoms with van der Waals surface area (Å²) in [5.74, 6) is -14.1. The molecule has 0 saturated heterocycles. The quantitative estimate of drug-likeness (QED) is 0.0447. The van der Waals surface area contributed by atoms with Crippen LogP contribution in [0.2, 0.25) is 0 Å². The lowest BCUT2D eigenvalue weighted by Crippen LogP contribution is -2.32. The van der Waals surface area contributed by atoms with Gasteiger partial charge in [-0.15, -0.1) is 0 Å². The topological polar surface area (TPSA) is 876 Å². The zero-order valence-electron chi connectivity index (χ0n) is 33.0. The molecule has 28 N–H and O–H groups in total. The zero-order valence-corrected chi connectivity index (χ0v) is 47.3. The molecule has 0 fully saturated rings. The molecule has 1 aromatic carbocycles. The Hall–Kier alpha value is 0.980. The first-order valence-corrected chi connectivity index (χ1v) is 41.0. The van der Waals surface area contributed by atoms with E-state index in [2.05, 4.69) is 18.1 Å². The van der Waals surface area contributed by atoms with Gasteiger partial charge in [-0.25, -0.2) is 18.3 Å². The summed E-state index contributed by atoms with van der Waals surface area (Å²) >= 11 is 0. The van der Waals surface area contributed by atoms with Crippen LogP contribution >= 0.6 is 122 Å². The van der Waals surface area contributed by atoms with Crippen molar-refractivity contribution in [3.8, 4) is 23.0 Å². The molecular weight excluding hydrogens is 1380 g/mol. The Morgan fingerprint density at radius 2 is 0.365 bits per heavy atom. The van der Waals surface area contributed by atoms with Gasteiger partial charge in [-0.3, -0.25) is 54.8 Å². The highest BCUT2D eigenvalue weighted by Gasteiger charge is 2.88. The van der Waals surface area contributed by atoms with Crippen LogP contribution in [-0.4, -0.2) is 155 Å². The van der Waals surface area contributed by atoms with E-state index < -0.39 is 174 Å². The molecule has 4 atom stereocenters. The first-order chi connectivity index (χ1) is 31.3. The molecule has 0 saturated carbocycles. The van der Waals surface area contributed by atoms with Crippen LogP contribution in [0.5, 0.6) is 23.0 Å². The highest BCUT2D eigenvalue weighted by molar-refractivity contribution is 8.06. The van der Waals surface area contributed by atoms with E-state index in [1.54, 1.807) is 0 Å². The molecule has 1 rings (SSSR count). The minimum atomic E-state index is -8.80. The predicted octanol–water partition coefficient (Wildman–Crippen LogP) is -3.48. The standard InChI is InChI=1S/C10H30O48P16/c11-59(12,13)7(60(14,15)16,61(17,18)19)71(47,48)55-3-1-4(56-72(49,50)8(62(20,21)22,63(23,24)25)64(26,27)28)6(58-74(53,54)10(68(38,39)40,69(41,42)43)70(44,45)46)5(2-3)57-73(51,52)9(65(29,30)31,66(32,33)34)67(35,36)37/h1-2H,(H,47,48)(H,49,50)(H,51,52)(H,53,54)(H2,11,12,13)(H2,14,15,16)(H2,17,18,19)(H2,20,21,22)(H2,23,24,25)(H2,26,27,28)(H2,29,30,31)(H2,32,33,34)(H2,35,36,37)(H2,38,39,40)(H2,41,42,43)(H2,44,45,46). The maximum atomic E-state index is 13.9. The molecule has 438 valence electrons. The summed E-state index contributed by atoms with van der Waals surface area (Å²) in [6, 6.07) is -2.89. The summed E-state index contributed by atoms with van der Waals surface area (Å²) in [6.45, 7) is 0. The Bertz CT molecular complexity index is 2910. The number of rotatable bonds is 24.